The number of likely N-dealkylation sites (N-methyl/N-ethyl adjacent to an activating group) is 1. The van der Waals surface area contributed by atoms with Gasteiger partial charge in [0.15, 0.2) is 11.5 Å². The largest absolute Gasteiger partial charge is 0.493 e. The minimum atomic E-state index is -0.702. The first-order valence-corrected chi connectivity index (χ1v) is 8.72. The topological polar surface area (TPSA) is 21.7 Å². The van der Waals surface area contributed by atoms with Crippen molar-refractivity contribution in [3.63, 3.8) is 0 Å². The third-order valence-electron chi connectivity index (χ3n) is 5.34. The Morgan fingerprint density at radius 3 is 2.50 bits per heavy atom. The SMILES string of the molecule is COc1cccc2c1OC1(C=C2)c2ccccc2-c2ccccc2N1C. The predicted octanol–water partition coefficient (Wildman–Crippen LogP) is 5.07. The van der Waals surface area contributed by atoms with Gasteiger partial charge in [0, 0.05) is 29.4 Å². The lowest BCUT2D eigenvalue weighted by Gasteiger charge is -2.47. The molecule has 1 atom stereocenters. The minimum Gasteiger partial charge on any atom is -0.493 e. The molecule has 2 aliphatic heterocycles. The van der Waals surface area contributed by atoms with E-state index in [9.17, 15) is 0 Å². The number of hydrogen-bond acceptors (Lipinski definition) is 3. The van der Waals surface area contributed by atoms with Gasteiger partial charge in [0.05, 0.1) is 7.11 Å². The molecule has 0 bridgehead atoms. The molecule has 0 fully saturated rings. The van der Waals surface area contributed by atoms with Gasteiger partial charge in [-0.3, -0.25) is 0 Å². The molecule has 5 rings (SSSR count). The lowest BCUT2D eigenvalue weighted by Crippen LogP contribution is -2.50. The average Bonchev–Trinajstić information content (AvgIpc) is 2.71. The van der Waals surface area contributed by atoms with Crippen LogP contribution >= 0.6 is 0 Å². The fourth-order valence-electron chi connectivity index (χ4n) is 4.04. The average molecular weight is 341 g/mol. The second-order valence-electron chi connectivity index (χ2n) is 6.63. The summed E-state index contributed by atoms with van der Waals surface area (Å²) < 4.78 is 12.3. The summed E-state index contributed by atoms with van der Waals surface area (Å²) in [7, 11) is 3.76. The first-order valence-electron chi connectivity index (χ1n) is 8.72. The van der Waals surface area contributed by atoms with Gasteiger partial charge in [0.25, 0.3) is 0 Å². The van der Waals surface area contributed by atoms with Crippen LogP contribution in [0.5, 0.6) is 11.5 Å². The van der Waals surface area contributed by atoms with Crippen molar-refractivity contribution in [1.82, 2.24) is 0 Å². The standard InChI is InChI=1S/C23H19NO2/c1-24-20-12-6-4-10-18(20)17-9-3-5-11-19(17)23(24)15-14-16-8-7-13-21(25-2)22(16)26-23/h3-15H,1-2H3. The summed E-state index contributed by atoms with van der Waals surface area (Å²) in [6, 6.07) is 22.9. The normalized spacial score (nSPS) is 19.4. The van der Waals surface area contributed by atoms with Gasteiger partial charge < -0.3 is 14.4 Å². The third-order valence-corrected chi connectivity index (χ3v) is 5.34. The Bertz CT molecular complexity index is 1040. The zero-order valence-corrected chi connectivity index (χ0v) is 14.8. The van der Waals surface area contributed by atoms with Gasteiger partial charge in [-0.15, -0.1) is 0 Å². The Balaban J connectivity index is 1.78. The van der Waals surface area contributed by atoms with Gasteiger partial charge in [-0.2, -0.15) is 0 Å². The second-order valence-corrected chi connectivity index (χ2v) is 6.63. The lowest BCUT2D eigenvalue weighted by molar-refractivity contribution is 0.111. The lowest BCUT2D eigenvalue weighted by atomic mass is 9.84. The zero-order chi connectivity index (χ0) is 17.7. The van der Waals surface area contributed by atoms with E-state index in [1.807, 2.05) is 18.2 Å². The highest BCUT2D eigenvalue weighted by Crippen LogP contribution is 2.51. The number of nitrogens with zero attached hydrogens (tertiary/aromatic N) is 1. The molecule has 0 N–H and O–H groups in total. The van der Waals surface area contributed by atoms with Crippen molar-refractivity contribution in [2.75, 3.05) is 19.1 Å². The van der Waals surface area contributed by atoms with Gasteiger partial charge in [-0.25, -0.2) is 0 Å². The molecule has 3 heteroatoms. The number of ether oxygens (including phenoxy) is 2. The molecule has 26 heavy (non-hydrogen) atoms. The maximum atomic E-state index is 6.69. The number of methoxy groups -OCH3 is 1. The molecule has 1 spiro atoms. The van der Waals surface area contributed by atoms with Crippen LogP contribution in [0.3, 0.4) is 0 Å². The fourth-order valence-corrected chi connectivity index (χ4v) is 4.04. The molecule has 3 aromatic carbocycles. The number of hydrogen-bond donors (Lipinski definition) is 0. The fraction of sp³-hybridized carbons (Fsp3) is 0.130. The summed E-state index contributed by atoms with van der Waals surface area (Å²) in [6.07, 6.45) is 4.27. The predicted molar refractivity (Wildman–Crippen MR) is 105 cm³/mol. The van der Waals surface area contributed by atoms with Crippen molar-refractivity contribution < 1.29 is 9.47 Å². The molecule has 0 aliphatic carbocycles. The molecule has 0 saturated heterocycles. The molecule has 2 aliphatic rings. The molecular weight excluding hydrogens is 322 g/mol. The summed E-state index contributed by atoms with van der Waals surface area (Å²) in [5.74, 6) is 1.52. The quantitative estimate of drug-likeness (QED) is 0.617. The van der Waals surface area contributed by atoms with E-state index in [1.165, 1.54) is 11.1 Å². The number of fused-ring (bicyclic) bond motifs is 5. The van der Waals surface area contributed by atoms with Crippen LogP contribution in [-0.4, -0.2) is 14.2 Å². The molecular formula is C23H19NO2. The zero-order valence-electron chi connectivity index (χ0n) is 14.8. The summed E-state index contributed by atoms with van der Waals surface area (Å²) in [5, 5.41) is 0. The summed E-state index contributed by atoms with van der Waals surface area (Å²) in [5.41, 5.74) is 5.03. The maximum absolute atomic E-state index is 6.69. The van der Waals surface area contributed by atoms with E-state index < -0.39 is 5.72 Å². The number of rotatable bonds is 1. The smallest absolute Gasteiger partial charge is 0.229 e. The molecule has 0 aromatic heterocycles. The molecule has 2 heterocycles. The van der Waals surface area contributed by atoms with Crippen LogP contribution in [0.15, 0.2) is 72.8 Å². The highest BCUT2D eigenvalue weighted by Gasteiger charge is 2.45. The van der Waals surface area contributed by atoms with Crippen molar-refractivity contribution in [2.24, 2.45) is 0 Å². The first-order chi connectivity index (χ1) is 12.7. The Kier molecular flexibility index (Phi) is 3.13. The van der Waals surface area contributed by atoms with E-state index in [0.717, 1.165) is 28.3 Å². The van der Waals surface area contributed by atoms with Gasteiger partial charge in [-0.1, -0.05) is 54.6 Å². The minimum absolute atomic E-state index is 0.702. The summed E-state index contributed by atoms with van der Waals surface area (Å²) >= 11 is 0. The van der Waals surface area contributed by atoms with Crippen LogP contribution in [0.1, 0.15) is 11.1 Å². The third kappa shape index (κ3) is 1.88. The van der Waals surface area contributed by atoms with Crippen LogP contribution in [0.2, 0.25) is 0 Å². The van der Waals surface area contributed by atoms with Crippen molar-refractivity contribution >= 4 is 11.8 Å². The maximum Gasteiger partial charge on any atom is 0.229 e. The molecule has 128 valence electrons. The van der Waals surface area contributed by atoms with E-state index >= 15 is 0 Å². The van der Waals surface area contributed by atoms with Gasteiger partial charge in [0.1, 0.15) is 0 Å². The van der Waals surface area contributed by atoms with Gasteiger partial charge in [0.2, 0.25) is 5.72 Å². The molecule has 0 radical (unpaired) electrons. The van der Waals surface area contributed by atoms with Crippen LogP contribution in [0.4, 0.5) is 5.69 Å². The molecule has 0 saturated carbocycles. The summed E-state index contributed by atoms with van der Waals surface area (Å²) in [4.78, 5) is 2.20. The van der Waals surface area contributed by atoms with E-state index in [1.54, 1.807) is 7.11 Å². The molecule has 3 aromatic rings. The Labute approximate surface area is 153 Å². The Morgan fingerprint density at radius 2 is 1.65 bits per heavy atom. The molecule has 1 unspecified atom stereocenters. The number of benzene rings is 3. The highest BCUT2D eigenvalue weighted by molar-refractivity contribution is 5.87. The van der Waals surface area contributed by atoms with E-state index in [2.05, 4.69) is 72.6 Å². The summed E-state index contributed by atoms with van der Waals surface area (Å²) in [6.45, 7) is 0. The van der Waals surface area contributed by atoms with E-state index in [4.69, 9.17) is 9.47 Å². The number of anilines is 1. The van der Waals surface area contributed by atoms with Crippen molar-refractivity contribution in [1.29, 1.82) is 0 Å². The molecule has 3 nitrogen and oxygen atoms in total. The van der Waals surface area contributed by atoms with Crippen molar-refractivity contribution in [3.8, 4) is 22.6 Å². The van der Waals surface area contributed by atoms with E-state index in [0.29, 0.717) is 0 Å². The Morgan fingerprint density at radius 1 is 0.885 bits per heavy atom. The first kappa shape index (κ1) is 15.1. The van der Waals surface area contributed by atoms with Crippen LogP contribution < -0.4 is 14.4 Å². The van der Waals surface area contributed by atoms with Crippen LogP contribution in [0, 0.1) is 0 Å². The second kappa shape index (κ2) is 5.40. The monoisotopic (exact) mass is 341 g/mol. The van der Waals surface area contributed by atoms with Crippen molar-refractivity contribution in [3.05, 3.63) is 83.9 Å². The Hall–Kier alpha value is -3.20. The van der Waals surface area contributed by atoms with Crippen LogP contribution in [0.25, 0.3) is 17.2 Å². The highest BCUT2D eigenvalue weighted by atomic mass is 16.5. The van der Waals surface area contributed by atoms with Gasteiger partial charge in [-0.05, 0) is 29.8 Å². The number of para-hydroxylation sites is 2. The van der Waals surface area contributed by atoms with E-state index in [-0.39, 0.29) is 0 Å². The van der Waals surface area contributed by atoms with Gasteiger partial charge >= 0.3 is 0 Å². The van der Waals surface area contributed by atoms with Crippen LogP contribution in [-0.2, 0) is 5.72 Å². The van der Waals surface area contributed by atoms with Crippen molar-refractivity contribution in [2.45, 2.75) is 5.72 Å². The molecule has 0 amide bonds.